The number of carbonyl (C=O) groups is 1. The van der Waals surface area contributed by atoms with Gasteiger partial charge >= 0.3 is 0 Å². The second-order valence-corrected chi connectivity index (χ2v) is 3.95. The highest BCUT2D eigenvalue weighted by molar-refractivity contribution is 5.99. The third kappa shape index (κ3) is 3.17. The Hall–Kier alpha value is -1.15. The van der Waals surface area contributed by atoms with Gasteiger partial charge in [0.2, 0.25) is 0 Å². The number of ketones is 1. The van der Waals surface area contributed by atoms with Crippen LogP contribution in [-0.2, 0) is 11.2 Å². The van der Waals surface area contributed by atoms with Gasteiger partial charge in [0, 0.05) is 12.7 Å². The third-order valence-electron chi connectivity index (χ3n) is 2.70. The van der Waals surface area contributed by atoms with Crippen molar-refractivity contribution in [2.45, 2.75) is 39.2 Å². The van der Waals surface area contributed by atoms with Gasteiger partial charge in [-0.3, -0.25) is 4.79 Å². The summed E-state index contributed by atoms with van der Waals surface area (Å²) in [6, 6.07) is 7.85. The number of rotatable bonds is 6. The summed E-state index contributed by atoms with van der Waals surface area (Å²) in [5.41, 5.74) is 1.99. The van der Waals surface area contributed by atoms with E-state index in [0.717, 1.165) is 18.4 Å². The average Bonchev–Trinajstić information content (AvgIpc) is 2.31. The summed E-state index contributed by atoms with van der Waals surface area (Å²) in [4.78, 5) is 12.0. The van der Waals surface area contributed by atoms with E-state index < -0.39 is 0 Å². The third-order valence-corrected chi connectivity index (χ3v) is 2.70. The first-order valence-electron chi connectivity index (χ1n) is 5.88. The van der Waals surface area contributed by atoms with Crippen LogP contribution >= 0.6 is 0 Å². The van der Waals surface area contributed by atoms with Crippen molar-refractivity contribution < 1.29 is 9.53 Å². The van der Waals surface area contributed by atoms with E-state index in [0.29, 0.717) is 6.42 Å². The molecular weight excluding hydrogens is 200 g/mol. The topological polar surface area (TPSA) is 26.3 Å². The van der Waals surface area contributed by atoms with Gasteiger partial charge in [0.25, 0.3) is 0 Å². The van der Waals surface area contributed by atoms with Gasteiger partial charge in [-0.1, -0.05) is 38.5 Å². The van der Waals surface area contributed by atoms with Crippen LogP contribution < -0.4 is 0 Å². The van der Waals surface area contributed by atoms with Crippen molar-refractivity contribution in [3.8, 4) is 0 Å². The first kappa shape index (κ1) is 12.9. The monoisotopic (exact) mass is 220 g/mol. The van der Waals surface area contributed by atoms with Crippen LogP contribution in [0.2, 0.25) is 0 Å². The molecule has 2 heteroatoms. The molecule has 0 heterocycles. The maximum absolute atomic E-state index is 12.0. The van der Waals surface area contributed by atoms with Gasteiger partial charge in [0.05, 0.1) is 0 Å². The minimum atomic E-state index is -0.308. The Bertz CT molecular complexity index is 340. The van der Waals surface area contributed by atoms with Gasteiger partial charge in [-0.2, -0.15) is 0 Å². The second-order valence-electron chi connectivity index (χ2n) is 3.95. The summed E-state index contributed by atoms with van der Waals surface area (Å²) in [7, 11) is 1.59. The molecule has 0 fully saturated rings. The van der Waals surface area contributed by atoms with E-state index in [1.807, 2.05) is 25.1 Å². The molecule has 16 heavy (non-hydrogen) atoms. The Kier molecular flexibility index (Phi) is 5.20. The van der Waals surface area contributed by atoms with Crippen molar-refractivity contribution in [1.29, 1.82) is 0 Å². The molecular formula is C14H20O2. The molecule has 0 N–H and O–H groups in total. The first-order chi connectivity index (χ1) is 7.72. The zero-order chi connectivity index (χ0) is 12.0. The molecule has 1 aromatic rings. The van der Waals surface area contributed by atoms with Crippen molar-refractivity contribution in [1.82, 2.24) is 0 Å². The molecule has 0 aromatic heterocycles. The minimum Gasteiger partial charge on any atom is -0.373 e. The molecule has 1 aromatic carbocycles. The molecule has 2 nitrogen and oxygen atoms in total. The fourth-order valence-electron chi connectivity index (χ4n) is 1.81. The van der Waals surface area contributed by atoms with Gasteiger partial charge in [-0.15, -0.1) is 0 Å². The van der Waals surface area contributed by atoms with Crippen LogP contribution in [0.3, 0.4) is 0 Å². The summed E-state index contributed by atoms with van der Waals surface area (Å²) in [6.07, 6.45) is 2.52. The predicted molar refractivity (Wildman–Crippen MR) is 65.9 cm³/mol. The quantitative estimate of drug-likeness (QED) is 0.688. The zero-order valence-electron chi connectivity index (χ0n) is 10.3. The van der Waals surface area contributed by atoms with E-state index in [1.165, 1.54) is 5.56 Å². The second kappa shape index (κ2) is 6.44. The highest BCUT2D eigenvalue weighted by Crippen LogP contribution is 2.12. The number of hydrogen-bond donors (Lipinski definition) is 0. The fourth-order valence-corrected chi connectivity index (χ4v) is 1.81. The molecule has 0 spiro atoms. The molecule has 0 aliphatic rings. The van der Waals surface area contributed by atoms with E-state index in [4.69, 9.17) is 4.74 Å². The molecule has 0 aliphatic heterocycles. The standard InChI is InChI=1S/C14H20O2/c1-4-7-11-8-6-9-12(10-11)14(15)13(5-2)16-3/h6,8-10,13H,4-5,7H2,1-3H3. The number of hydrogen-bond acceptors (Lipinski definition) is 2. The number of methoxy groups -OCH3 is 1. The van der Waals surface area contributed by atoms with E-state index in [2.05, 4.69) is 13.0 Å². The molecule has 1 unspecified atom stereocenters. The van der Waals surface area contributed by atoms with E-state index in [1.54, 1.807) is 7.11 Å². The lowest BCUT2D eigenvalue weighted by Crippen LogP contribution is -2.22. The molecule has 0 saturated heterocycles. The fraction of sp³-hybridized carbons (Fsp3) is 0.500. The van der Waals surface area contributed by atoms with Gasteiger partial charge in [-0.05, 0) is 24.5 Å². The number of ether oxygens (including phenoxy) is 1. The van der Waals surface area contributed by atoms with E-state index >= 15 is 0 Å². The highest BCUT2D eigenvalue weighted by atomic mass is 16.5. The first-order valence-corrected chi connectivity index (χ1v) is 5.88. The van der Waals surface area contributed by atoms with Gasteiger partial charge in [-0.25, -0.2) is 0 Å². The van der Waals surface area contributed by atoms with Crippen molar-refractivity contribution in [2.75, 3.05) is 7.11 Å². The molecule has 0 amide bonds. The van der Waals surface area contributed by atoms with Crippen molar-refractivity contribution >= 4 is 5.78 Å². The average molecular weight is 220 g/mol. The molecule has 88 valence electrons. The normalized spacial score (nSPS) is 12.4. The van der Waals surface area contributed by atoms with Crippen molar-refractivity contribution in [2.24, 2.45) is 0 Å². The molecule has 0 radical (unpaired) electrons. The number of Topliss-reactive ketones (excluding diaryl/α,β-unsaturated/α-hetero) is 1. The van der Waals surface area contributed by atoms with Crippen LogP contribution in [0.15, 0.2) is 24.3 Å². The van der Waals surface area contributed by atoms with E-state index in [-0.39, 0.29) is 11.9 Å². The Morgan fingerprint density at radius 3 is 2.69 bits per heavy atom. The summed E-state index contributed by atoms with van der Waals surface area (Å²) in [5, 5.41) is 0. The lowest BCUT2D eigenvalue weighted by atomic mass is 10.0. The van der Waals surface area contributed by atoms with Gasteiger partial charge < -0.3 is 4.74 Å². The maximum atomic E-state index is 12.0. The Labute approximate surface area is 97.6 Å². The number of carbonyl (C=O) groups excluding carboxylic acids is 1. The summed E-state index contributed by atoms with van der Waals surface area (Å²) in [5.74, 6) is 0.0861. The molecule has 0 saturated carbocycles. The Morgan fingerprint density at radius 2 is 2.12 bits per heavy atom. The van der Waals surface area contributed by atoms with Gasteiger partial charge in [0.1, 0.15) is 6.10 Å². The van der Waals surface area contributed by atoms with Crippen LogP contribution in [0, 0.1) is 0 Å². The maximum Gasteiger partial charge on any atom is 0.191 e. The molecule has 0 bridgehead atoms. The van der Waals surface area contributed by atoms with Crippen LogP contribution in [-0.4, -0.2) is 19.0 Å². The van der Waals surface area contributed by atoms with Crippen molar-refractivity contribution in [3.63, 3.8) is 0 Å². The molecule has 1 rings (SSSR count). The summed E-state index contributed by atoms with van der Waals surface area (Å²) in [6.45, 7) is 4.10. The largest absolute Gasteiger partial charge is 0.373 e. The van der Waals surface area contributed by atoms with Crippen LogP contribution in [0.5, 0.6) is 0 Å². The van der Waals surface area contributed by atoms with Crippen LogP contribution in [0.1, 0.15) is 42.6 Å². The van der Waals surface area contributed by atoms with E-state index in [9.17, 15) is 4.79 Å². The summed E-state index contributed by atoms with van der Waals surface area (Å²) < 4.78 is 5.17. The smallest absolute Gasteiger partial charge is 0.191 e. The SMILES string of the molecule is CCCc1cccc(C(=O)C(CC)OC)c1. The number of benzene rings is 1. The minimum absolute atomic E-state index is 0.0861. The zero-order valence-corrected chi connectivity index (χ0v) is 10.3. The Morgan fingerprint density at radius 1 is 1.38 bits per heavy atom. The lowest BCUT2D eigenvalue weighted by molar-refractivity contribution is 0.0595. The highest BCUT2D eigenvalue weighted by Gasteiger charge is 2.17. The summed E-state index contributed by atoms with van der Waals surface area (Å²) >= 11 is 0. The van der Waals surface area contributed by atoms with Crippen molar-refractivity contribution in [3.05, 3.63) is 35.4 Å². The predicted octanol–water partition coefficient (Wildman–Crippen LogP) is 3.25. The van der Waals surface area contributed by atoms with Crippen LogP contribution in [0.4, 0.5) is 0 Å². The van der Waals surface area contributed by atoms with Crippen LogP contribution in [0.25, 0.3) is 0 Å². The number of aryl methyl sites for hydroxylation is 1. The molecule has 0 aliphatic carbocycles. The molecule has 1 atom stereocenters. The van der Waals surface area contributed by atoms with Gasteiger partial charge in [0.15, 0.2) is 5.78 Å². The Balaban J connectivity index is 2.86. The lowest BCUT2D eigenvalue weighted by Gasteiger charge is -2.12.